The molecular formula is C67H113N2O7P. The normalized spacial score (nSPS) is 15.3. The van der Waals surface area contributed by atoms with E-state index in [0.717, 1.165) is 109 Å². The van der Waals surface area contributed by atoms with Crippen LogP contribution in [0.5, 0.6) is 0 Å². The van der Waals surface area contributed by atoms with Gasteiger partial charge in [-0.1, -0.05) is 223 Å². The summed E-state index contributed by atoms with van der Waals surface area (Å²) in [6.07, 6.45) is 82.3. The lowest BCUT2D eigenvalue weighted by atomic mass is 10.0. The van der Waals surface area contributed by atoms with Crippen molar-refractivity contribution in [2.45, 2.75) is 231 Å². The molecule has 0 spiro atoms. The number of unbranched alkanes of at least 4 members (excludes halogenated alkanes) is 16. The molecule has 77 heavy (non-hydrogen) atoms. The van der Waals surface area contributed by atoms with Gasteiger partial charge in [0.05, 0.1) is 39.9 Å². The zero-order chi connectivity index (χ0) is 56.4. The molecule has 438 valence electrons. The Hall–Kier alpha value is -3.66. The van der Waals surface area contributed by atoms with E-state index in [-0.39, 0.29) is 18.9 Å². The smallest absolute Gasteiger partial charge is 0.268 e. The number of amides is 1. The van der Waals surface area contributed by atoms with Crippen LogP contribution in [-0.4, -0.2) is 79.8 Å². The summed E-state index contributed by atoms with van der Waals surface area (Å²) in [6, 6.07) is -1.11. The number of nitrogens with zero attached hydrogens (tertiary/aromatic N) is 1. The molecule has 10 heteroatoms. The number of likely N-dealkylation sites (N-methyl/N-ethyl adjacent to an activating group) is 1. The Kier molecular flexibility index (Phi) is 53.0. The van der Waals surface area contributed by atoms with Crippen molar-refractivity contribution in [1.82, 2.24) is 5.32 Å². The van der Waals surface area contributed by atoms with Crippen molar-refractivity contribution in [2.24, 2.45) is 0 Å². The Labute approximate surface area is 472 Å². The molecule has 0 aromatic carbocycles. The lowest BCUT2D eigenvalue weighted by molar-refractivity contribution is -0.870. The second-order valence-corrected chi connectivity index (χ2v) is 22.5. The van der Waals surface area contributed by atoms with Gasteiger partial charge in [-0.3, -0.25) is 9.36 Å². The number of phosphoric acid groups is 1. The quantitative estimate of drug-likeness (QED) is 0.0239. The molecule has 1 amide bonds. The van der Waals surface area contributed by atoms with Gasteiger partial charge in [0.15, 0.2) is 0 Å². The number of hydrogen-bond donors (Lipinski definition) is 3. The van der Waals surface area contributed by atoms with Crippen LogP contribution in [0.4, 0.5) is 0 Å². The van der Waals surface area contributed by atoms with Gasteiger partial charge in [0.2, 0.25) is 5.91 Å². The molecule has 0 saturated carbocycles. The minimum Gasteiger partial charge on any atom is -0.756 e. The minimum atomic E-state index is -4.69. The van der Waals surface area contributed by atoms with Crippen molar-refractivity contribution in [1.29, 1.82) is 0 Å². The molecule has 0 heterocycles. The van der Waals surface area contributed by atoms with E-state index in [9.17, 15) is 24.5 Å². The van der Waals surface area contributed by atoms with Gasteiger partial charge in [0.1, 0.15) is 19.3 Å². The Morgan fingerprint density at radius 1 is 0.494 bits per heavy atom. The fourth-order valence-electron chi connectivity index (χ4n) is 7.99. The maximum atomic E-state index is 13.0. The third-order valence-electron chi connectivity index (χ3n) is 12.7. The molecular weight excluding hydrogens is 976 g/mol. The fraction of sp³-hybridized carbons (Fsp3) is 0.627. The minimum absolute atomic E-state index is 0.0568. The number of phosphoric ester groups is 1. The molecule has 0 saturated heterocycles. The number of nitrogens with one attached hydrogen (secondary N) is 1. The molecule has 0 aromatic heterocycles. The average Bonchev–Trinajstić information content (AvgIpc) is 3.39. The molecule has 9 nitrogen and oxygen atoms in total. The van der Waals surface area contributed by atoms with Gasteiger partial charge < -0.3 is 34.0 Å². The van der Waals surface area contributed by atoms with Crippen LogP contribution in [0.25, 0.3) is 0 Å². The van der Waals surface area contributed by atoms with E-state index in [1.807, 2.05) is 28.1 Å². The Bertz CT molecular complexity index is 1780. The lowest BCUT2D eigenvalue weighted by Gasteiger charge is -2.31. The molecule has 3 N–H and O–H groups in total. The summed E-state index contributed by atoms with van der Waals surface area (Å²) < 4.78 is 23.2. The zero-order valence-electron chi connectivity index (χ0n) is 49.5. The molecule has 0 aliphatic heterocycles. The van der Waals surface area contributed by atoms with Gasteiger partial charge in [0.25, 0.3) is 7.82 Å². The van der Waals surface area contributed by atoms with Crippen molar-refractivity contribution in [3.63, 3.8) is 0 Å². The summed E-state index contributed by atoms with van der Waals surface area (Å²) in [5.41, 5.74) is 0. The molecule has 4 atom stereocenters. The second-order valence-electron chi connectivity index (χ2n) is 21.1. The van der Waals surface area contributed by atoms with Crippen LogP contribution in [0.1, 0.15) is 213 Å². The fourth-order valence-corrected chi connectivity index (χ4v) is 8.71. The van der Waals surface area contributed by atoms with Crippen molar-refractivity contribution < 1.29 is 38.0 Å². The number of carbonyl (C=O) groups is 1. The maximum absolute atomic E-state index is 13.0. The van der Waals surface area contributed by atoms with Gasteiger partial charge in [-0.05, 0) is 129 Å². The first-order chi connectivity index (χ1) is 37.4. The summed E-state index contributed by atoms with van der Waals surface area (Å²) in [5, 5.41) is 24.7. The molecule has 0 fully saturated rings. The van der Waals surface area contributed by atoms with Crippen molar-refractivity contribution in [3.05, 3.63) is 146 Å². The highest BCUT2D eigenvalue weighted by Gasteiger charge is 2.29. The molecule has 0 radical (unpaired) electrons. The van der Waals surface area contributed by atoms with Gasteiger partial charge in [-0.25, -0.2) is 0 Å². The zero-order valence-corrected chi connectivity index (χ0v) is 50.4. The monoisotopic (exact) mass is 1090 g/mol. The number of allylic oxidation sites excluding steroid dienone is 24. The average molecular weight is 1090 g/mol. The van der Waals surface area contributed by atoms with Gasteiger partial charge in [-0.2, -0.15) is 0 Å². The van der Waals surface area contributed by atoms with Crippen molar-refractivity contribution >= 4 is 13.7 Å². The lowest BCUT2D eigenvalue weighted by Crippen LogP contribution is -2.51. The van der Waals surface area contributed by atoms with Crippen LogP contribution >= 0.6 is 7.82 Å². The highest BCUT2D eigenvalue weighted by molar-refractivity contribution is 7.45. The third kappa shape index (κ3) is 56.9. The first-order valence-electron chi connectivity index (χ1n) is 30.2. The van der Waals surface area contributed by atoms with Gasteiger partial charge >= 0.3 is 0 Å². The van der Waals surface area contributed by atoms with Crippen LogP contribution in [0, 0.1) is 0 Å². The number of quaternary nitrogens is 1. The molecule has 0 bridgehead atoms. The maximum Gasteiger partial charge on any atom is 0.268 e. The molecule has 4 unspecified atom stereocenters. The number of carbonyl (C=O) groups excluding carboxylic acids is 1. The van der Waals surface area contributed by atoms with E-state index in [2.05, 4.69) is 158 Å². The predicted octanol–water partition coefficient (Wildman–Crippen LogP) is 17.2. The van der Waals surface area contributed by atoms with Crippen molar-refractivity contribution in [2.75, 3.05) is 40.9 Å². The van der Waals surface area contributed by atoms with Crippen LogP contribution in [0.3, 0.4) is 0 Å². The summed E-state index contributed by atoms with van der Waals surface area (Å²) in [7, 11) is 1.07. The van der Waals surface area contributed by atoms with Crippen LogP contribution < -0.4 is 10.2 Å². The Balaban J connectivity index is 4.10. The van der Waals surface area contributed by atoms with E-state index < -0.39 is 32.7 Å². The van der Waals surface area contributed by atoms with E-state index in [1.54, 1.807) is 0 Å². The first-order valence-corrected chi connectivity index (χ1v) is 31.7. The van der Waals surface area contributed by atoms with E-state index in [4.69, 9.17) is 9.05 Å². The van der Waals surface area contributed by atoms with Crippen LogP contribution in [-0.2, 0) is 18.4 Å². The number of rotatable bonds is 53. The molecule has 0 aliphatic rings. The van der Waals surface area contributed by atoms with Gasteiger partial charge in [0, 0.05) is 6.42 Å². The Morgan fingerprint density at radius 3 is 1.26 bits per heavy atom. The van der Waals surface area contributed by atoms with Crippen LogP contribution in [0.2, 0.25) is 0 Å². The SMILES string of the molecule is C/C=C/CC/C=C/CC/C=C/CCCC(O)C(O)C(COP(=O)([O-])OCC[N+](C)(C)C)NC(=O)CCCCCCCCCCCCCCC/C=C\C/C=C\C/C=C\C/C=C\C/C=C\C/C=C\C/C=C\C/C=C\C/C=C\CC. The van der Waals surface area contributed by atoms with Crippen LogP contribution in [0.15, 0.2) is 146 Å². The summed E-state index contributed by atoms with van der Waals surface area (Å²) >= 11 is 0. The second kappa shape index (κ2) is 55.6. The topological polar surface area (TPSA) is 128 Å². The number of aliphatic hydroxyl groups excluding tert-OH is 2. The summed E-state index contributed by atoms with van der Waals surface area (Å²) in [6.45, 7) is 4.06. The third-order valence-corrected chi connectivity index (χ3v) is 13.7. The standard InChI is InChI=1S/C67H113N2O7P/c1-6-8-10-12-14-16-18-20-21-22-23-24-25-26-27-28-29-30-31-32-33-34-35-36-37-38-39-40-41-42-43-44-45-46-47-48-50-52-54-56-58-60-66(71)68-64(63-76-77(73,74)75-62-61-69(3,4)5)67(72)65(70)59-57-55-53-51-49-19-17-15-13-11-9-7-2/h7-10,14-17,20-21,23-24,26-27,29-30,32-33,35-36,38-39,51,53,64-65,67,70,72H,6,11-13,18-19,22,25,28,31,34,37,40-50,52,54-63H2,1-5H3,(H-,68,71,73,74)/b9-7+,10-8-,16-14-,17-15+,21-20-,24-23-,27-26-,30-29-,33-32-,36-35-,39-38-,53-51+. The van der Waals surface area contributed by atoms with Gasteiger partial charge in [-0.15, -0.1) is 0 Å². The Morgan fingerprint density at radius 2 is 0.844 bits per heavy atom. The largest absolute Gasteiger partial charge is 0.756 e. The molecule has 0 aliphatic carbocycles. The van der Waals surface area contributed by atoms with E-state index in [0.29, 0.717) is 30.3 Å². The molecule has 0 aromatic rings. The number of hydrogen-bond acceptors (Lipinski definition) is 7. The summed E-state index contributed by atoms with van der Waals surface area (Å²) in [4.78, 5) is 25.5. The van der Waals surface area contributed by atoms with E-state index >= 15 is 0 Å². The van der Waals surface area contributed by atoms with E-state index in [1.165, 1.54) is 64.2 Å². The highest BCUT2D eigenvalue weighted by Crippen LogP contribution is 2.38. The molecule has 0 rings (SSSR count). The van der Waals surface area contributed by atoms with Crippen molar-refractivity contribution in [3.8, 4) is 0 Å². The predicted molar refractivity (Wildman–Crippen MR) is 331 cm³/mol. The number of aliphatic hydroxyl groups is 2. The highest BCUT2D eigenvalue weighted by atomic mass is 31.2. The first kappa shape index (κ1) is 73.3. The summed E-state index contributed by atoms with van der Waals surface area (Å²) in [5.74, 6) is -0.303.